The van der Waals surface area contributed by atoms with Crippen LogP contribution in [0.3, 0.4) is 0 Å². The largest absolute Gasteiger partial charge is 0.365 e. The molecule has 0 amide bonds. The minimum atomic E-state index is -2.97. The Morgan fingerprint density at radius 2 is 2.18 bits per heavy atom. The zero-order chi connectivity index (χ0) is 20.5. The Bertz CT molecular complexity index is 907. The van der Waals surface area contributed by atoms with E-state index in [1.807, 2.05) is 45.9 Å². The van der Waals surface area contributed by atoms with Crippen molar-refractivity contribution >= 4 is 28.3 Å². The minimum Gasteiger partial charge on any atom is -0.365 e. The molecule has 2 aromatic rings. The summed E-state index contributed by atoms with van der Waals surface area (Å²) in [7, 11) is 0. The van der Waals surface area contributed by atoms with Gasteiger partial charge >= 0.3 is 0 Å². The Morgan fingerprint density at radius 1 is 1.43 bits per heavy atom. The number of fused-ring (bicyclic) bond motifs is 1. The summed E-state index contributed by atoms with van der Waals surface area (Å²) >= 11 is 6.03. The molecule has 152 valence electrons. The van der Waals surface area contributed by atoms with Crippen molar-refractivity contribution < 1.29 is 13.5 Å². The lowest BCUT2D eigenvalue weighted by Crippen LogP contribution is -2.34. The number of allylic oxidation sites excluding steroid dienone is 2. The van der Waals surface area contributed by atoms with Crippen molar-refractivity contribution in [2.24, 2.45) is 0 Å². The van der Waals surface area contributed by atoms with E-state index in [4.69, 9.17) is 16.3 Å². The fraction of sp³-hybridized carbons (Fsp3) is 0.500. The lowest BCUT2D eigenvalue weighted by molar-refractivity contribution is -0.0988. The number of rotatable bonds is 6. The lowest BCUT2D eigenvalue weighted by atomic mass is 10.2. The molecule has 0 bridgehead atoms. The number of halogens is 3. The first-order chi connectivity index (χ1) is 13.3. The van der Waals surface area contributed by atoms with Crippen LogP contribution in [0.5, 0.6) is 0 Å². The molecule has 1 aliphatic heterocycles. The number of hydrogen-bond acceptors (Lipinski definition) is 4. The van der Waals surface area contributed by atoms with Crippen LogP contribution in [0.15, 0.2) is 36.1 Å². The first kappa shape index (κ1) is 20.7. The molecule has 3 heterocycles. The van der Waals surface area contributed by atoms with Crippen molar-refractivity contribution in [3.63, 3.8) is 0 Å². The van der Waals surface area contributed by atoms with Gasteiger partial charge in [0, 0.05) is 18.3 Å². The van der Waals surface area contributed by atoms with Gasteiger partial charge in [-0.1, -0.05) is 29.8 Å². The second-order valence-electron chi connectivity index (χ2n) is 7.19. The van der Waals surface area contributed by atoms with E-state index in [0.29, 0.717) is 16.4 Å². The highest BCUT2D eigenvalue weighted by atomic mass is 35.5. The van der Waals surface area contributed by atoms with Crippen LogP contribution in [-0.4, -0.2) is 46.5 Å². The maximum absolute atomic E-state index is 14.6. The Balaban J connectivity index is 1.87. The molecule has 0 aliphatic carbocycles. The van der Waals surface area contributed by atoms with E-state index in [1.54, 1.807) is 21.8 Å². The molecule has 0 aromatic carbocycles. The van der Waals surface area contributed by atoms with Crippen LogP contribution in [-0.2, 0) is 4.74 Å². The summed E-state index contributed by atoms with van der Waals surface area (Å²) in [6, 6.07) is 1.77. The number of aromatic nitrogens is 3. The maximum Gasteiger partial charge on any atom is 0.292 e. The van der Waals surface area contributed by atoms with E-state index in [1.165, 1.54) is 0 Å². The molecule has 2 aromatic heterocycles. The summed E-state index contributed by atoms with van der Waals surface area (Å²) in [4.78, 5) is 5.69. The molecule has 0 N–H and O–H groups in total. The van der Waals surface area contributed by atoms with E-state index in [0.717, 1.165) is 11.1 Å². The van der Waals surface area contributed by atoms with Gasteiger partial charge in [0.1, 0.15) is 11.3 Å². The van der Waals surface area contributed by atoms with Crippen LogP contribution in [0.25, 0.3) is 10.9 Å². The van der Waals surface area contributed by atoms with E-state index < -0.39 is 18.6 Å². The zero-order valence-corrected chi connectivity index (χ0v) is 17.2. The summed E-state index contributed by atoms with van der Waals surface area (Å²) < 4.78 is 36.6. The number of hydrogen-bond donors (Lipinski definition) is 0. The van der Waals surface area contributed by atoms with Crippen molar-refractivity contribution in [3.8, 4) is 0 Å². The van der Waals surface area contributed by atoms with Crippen molar-refractivity contribution in [3.05, 3.63) is 41.2 Å². The quantitative estimate of drug-likeness (QED) is 0.495. The minimum absolute atomic E-state index is 0.0583. The van der Waals surface area contributed by atoms with Crippen molar-refractivity contribution in [1.82, 2.24) is 14.8 Å². The fourth-order valence-electron chi connectivity index (χ4n) is 3.35. The topological polar surface area (TPSA) is 43.2 Å². The fourth-order valence-corrected chi connectivity index (χ4v) is 3.50. The van der Waals surface area contributed by atoms with Crippen LogP contribution in [0.4, 0.5) is 14.6 Å². The van der Waals surface area contributed by atoms with Gasteiger partial charge in [-0.2, -0.15) is 5.10 Å². The van der Waals surface area contributed by atoms with Crippen LogP contribution in [0.2, 0.25) is 5.15 Å². The van der Waals surface area contributed by atoms with E-state index in [-0.39, 0.29) is 19.2 Å². The number of alkyl halides is 2. The van der Waals surface area contributed by atoms with Crippen LogP contribution in [0, 0.1) is 0 Å². The highest BCUT2D eigenvalue weighted by molar-refractivity contribution is 6.30. The predicted molar refractivity (Wildman–Crippen MR) is 108 cm³/mol. The molecule has 0 spiro atoms. The lowest BCUT2D eigenvalue weighted by Gasteiger charge is -2.18. The SMILES string of the molecule is CC=CC(=CC)COC1CN(c2nn(C(C)C)c3cc(Cl)ncc23)CC1(F)F. The Labute approximate surface area is 168 Å². The average molecular weight is 411 g/mol. The molecular weight excluding hydrogens is 386 g/mol. The van der Waals surface area contributed by atoms with Crippen molar-refractivity contribution in [2.45, 2.75) is 45.8 Å². The monoisotopic (exact) mass is 410 g/mol. The summed E-state index contributed by atoms with van der Waals surface area (Å²) in [5, 5.41) is 5.64. The number of ether oxygens (including phenoxy) is 1. The molecule has 8 heteroatoms. The number of anilines is 1. The number of nitrogens with zero attached hydrogens (tertiary/aromatic N) is 4. The second-order valence-corrected chi connectivity index (χ2v) is 7.58. The third-order valence-electron chi connectivity index (χ3n) is 4.79. The summed E-state index contributed by atoms with van der Waals surface area (Å²) in [5.41, 5.74) is 1.65. The molecule has 1 saturated heterocycles. The smallest absolute Gasteiger partial charge is 0.292 e. The van der Waals surface area contributed by atoms with Gasteiger partial charge in [-0.25, -0.2) is 13.8 Å². The van der Waals surface area contributed by atoms with E-state index in [9.17, 15) is 8.78 Å². The Hall–Kier alpha value is -1.99. The molecule has 0 saturated carbocycles. The molecule has 1 fully saturated rings. The summed E-state index contributed by atoms with van der Waals surface area (Å²) in [6.45, 7) is 7.47. The third kappa shape index (κ3) is 4.05. The highest BCUT2D eigenvalue weighted by Gasteiger charge is 2.50. The molecule has 1 atom stereocenters. The van der Waals surface area contributed by atoms with Crippen LogP contribution in [0.1, 0.15) is 33.7 Å². The van der Waals surface area contributed by atoms with Crippen LogP contribution < -0.4 is 4.90 Å². The molecular formula is C20H25ClF2N4O. The predicted octanol–water partition coefficient (Wildman–Crippen LogP) is 5.03. The summed E-state index contributed by atoms with van der Waals surface area (Å²) in [6.07, 6.45) is 5.97. The number of pyridine rings is 1. The molecule has 1 aliphatic rings. The van der Waals surface area contributed by atoms with Gasteiger partial charge in [0.05, 0.1) is 30.6 Å². The van der Waals surface area contributed by atoms with Gasteiger partial charge in [-0.3, -0.25) is 4.68 Å². The summed E-state index contributed by atoms with van der Waals surface area (Å²) in [5.74, 6) is -2.49. The zero-order valence-electron chi connectivity index (χ0n) is 16.5. The van der Waals surface area contributed by atoms with Gasteiger partial charge in [-0.05, 0) is 33.3 Å². The normalized spacial score (nSPS) is 20.2. The van der Waals surface area contributed by atoms with E-state index in [2.05, 4.69) is 10.1 Å². The van der Waals surface area contributed by atoms with Crippen LogP contribution >= 0.6 is 11.6 Å². The highest BCUT2D eigenvalue weighted by Crippen LogP contribution is 2.37. The first-order valence-electron chi connectivity index (χ1n) is 9.32. The molecule has 3 rings (SSSR count). The second kappa shape index (κ2) is 8.17. The van der Waals surface area contributed by atoms with E-state index >= 15 is 0 Å². The van der Waals surface area contributed by atoms with Crippen molar-refractivity contribution in [1.29, 1.82) is 0 Å². The van der Waals surface area contributed by atoms with Gasteiger partial charge < -0.3 is 9.64 Å². The standard InChI is InChI=1S/C20H25ClF2N4O/c1-5-7-14(6-2)11-28-17-10-26(12-20(17,22)23)19-15-9-24-18(21)8-16(15)27(25-19)13(3)4/h5-9,13,17H,10-12H2,1-4H3. The maximum atomic E-state index is 14.6. The third-order valence-corrected chi connectivity index (χ3v) is 5.00. The van der Waals surface area contributed by atoms with Gasteiger partial charge in [-0.15, -0.1) is 0 Å². The van der Waals surface area contributed by atoms with Gasteiger partial charge in [0.25, 0.3) is 5.92 Å². The Morgan fingerprint density at radius 3 is 2.82 bits per heavy atom. The molecule has 0 radical (unpaired) electrons. The van der Waals surface area contributed by atoms with Gasteiger partial charge in [0.15, 0.2) is 5.82 Å². The molecule has 28 heavy (non-hydrogen) atoms. The Kier molecular flexibility index (Phi) is 6.05. The van der Waals surface area contributed by atoms with Crippen molar-refractivity contribution in [2.75, 3.05) is 24.6 Å². The molecule has 5 nitrogen and oxygen atoms in total. The molecule has 1 unspecified atom stereocenters. The average Bonchev–Trinajstić information content (AvgIpc) is 3.15. The first-order valence-corrected chi connectivity index (χ1v) is 9.70. The van der Waals surface area contributed by atoms with Gasteiger partial charge in [0.2, 0.25) is 0 Å².